The summed E-state index contributed by atoms with van der Waals surface area (Å²) in [6, 6.07) is 8.46. The van der Waals surface area contributed by atoms with E-state index in [1.807, 2.05) is 0 Å². The summed E-state index contributed by atoms with van der Waals surface area (Å²) in [7, 11) is 0. The quantitative estimate of drug-likeness (QED) is 0.637. The number of ether oxygens (including phenoxy) is 1. The molecule has 0 unspecified atom stereocenters. The van der Waals surface area contributed by atoms with E-state index >= 15 is 0 Å². The largest absolute Gasteiger partial charge is 0.492 e. The molecule has 0 saturated heterocycles. The van der Waals surface area contributed by atoms with Crippen molar-refractivity contribution in [1.29, 1.82) is 0 Å². The zero-order valence-electron chi connectivity index (χ0n) is 11.9. The molecule has 0 spiro atoms. The van der Waals surface area contributed by atoms with Gasteiger partial charge in [-0.2, -0.15) is 0 Å². The Morgan fingerprint density at radius 2 is 1.72 bits per heavy atom. The number of aryl methyl sites for hydroxylation is 1. The molecule has 0 bridgehead atoms. The van der Waals surface area contributed by atoms with Crippen LogP contribution in [-0.4, -0.2) is 19.7 Å². The second-order valence-electron chi connectivity index (χ2n) is 4.70. The Balaban J connectivity index is 2.08. The van der Waals surface area contributed by atoms with Crippen molar-refractivity contribution in [1.82, 2.24) is 5.32 Å². The van der Waals surface area contributed by atoms with E-state index in [-0.39, 0.29) is 0 Å². The van der Waals surface area contributed by atoms with E-state index in [0.717, 1.165) is 31.9 Å². The molecule has 0 aliphatic rings. The van der Waals surface area contributed by atoms with Gasteiger partial charge in [-0.05, 0) is 37.1 Å². The molecule has 1 aromatic rings. The van der Waals surface area contributed by atoms with Gasteiger partial charge in [0, 0.05) is 6.54 Å². The molecule has 0 aliphatic heterocycles. The maximum absolute atomic E-state index is 5.68. The Hall–Kier alpha value is -1.02. The van der Waals surface area contributed by atoms with E-state index < -0.39 is 0 Å². The maximum atomic E-state index is 5.68. The SMILES string of the molecule is CCCCCNCCOc1ccc(CCC)cc1. The molecular weight excluding hydrogens is 222 g/mol. The van der Waals surface area contributed by atoms with Gasteiger partial charge in [0.2, 0.25) is 0 Å². The van der Waals surface area contributed by atoms with E-state index in [9.17, 15) is 0 Å². The number of unbranched alkanes of at least 4 members (excludes halogenated alkanes) is 2. The first-order chi connectivity index (χ1) is 8.86. The predicted molar refractivity (Wildman–Crippen MR) is 78.3 cm³/mol. The van der Waals surface area contributed by atoms with Crippen LogP contribution in [0.3, 0.4) is 0 Å². The smallest absolute Gasteiger partial charge is 0.119 e. The van der Waals surface area contributed by atoms with Crippen molar-refractivity contribution in [3.63, 3.8) is 0 Å². The van der Waals surface area contributed by atoms with Crippen LogP contribution < -0.4 is 10.1 Å². The predicted octanol–water partition coefficient (Wildman–Crippen LogP) is 3.80. The third-order valence-electron chi connectivity index (χ3n) is 2.97. The first-order valence-electron chi connectivity index (χ1n) is 7.29. The fourth-order valence-corrected chi connectivity index (χ4v) is 1.91. The zero-order chi connectivity index (χ0) is 13.1. The molecule has 1 N–H and O–H groups in total. The molecule has 0 fully saturated rings. The summed E-state index contributed by atoms with van der Waals surface area (Å²) in [5, 5.41) is 3.40. The van der Waals surface area contributed by atoms with Gasteiger partial charge in [0.1, 0.15) is 12.4 Å². The zero-order valence-corrected chi connectivity index (χ0v) is 11.9. The lowest BCUT2D eigenvalue weighted by Crippen LogP contribution is -2.22. The highest BCUT2D eigenvalue weighted by Gasteiger charge is 1.95. The van der Waals surface area contributed by atoms with Crippen molar-refractivity contribution < 1.29 is 4.74 Å². The summed E-state index contributed by atoms with van der Waals surface area (Å²) in [6.45, 7) is 7.21. The maximum Gasteiger partial charge on any atom is 0.119 e. The molecule has 1 aromatic carbocycles. The lowest BCUT2D eigenvalue weighted by atomic mass is 10.1. The molecule has 2 nitrogen and oxygen atoms in total. The normalized spacial score (nSPS) is 10.6. The number of hydrogen-bond donors (Lipinski definition) is 1. The van der Waals surface area contributed by atoms with Crippen LogP contribution in [0.25, 0.3) is 0 Å². The average Bonchev–Trinajstić information content (AvgIpc) is 2.40. The van der Waals surface area contributed by atoms with Crippen molar-refractivity contribution in [2.45, 2.75) is 46.0 Å². The number of rotatable bonds is 10. The summed E-state index contributed by atoms with van der Waals surface area (Å²) in [4.78, 5) is 0. The number of benzene rings is 1. The van der Waals surface area contributed by atoms with Crippen LogP contribution in [0.1, 0.15) is 45.1 Å². The molecule has 102 valence electrons. The summed E-state index contributed by atoms with van der Waals surface area (Å²) < 4.78 is 5.68. The van der Waals surface area contributed by atoms with Gasteiger partial charge in [0.15, 0.2) is 0 Å². The van der Waals surface area contributed by atoms with Crippen LogP contribution in [0, 0.1) is 0 Å². The molecule has 0 radical (unpaired) electrons. The van der Waals surface area contributed by atoms with Crippen molar-refractivity contribution in [3.05, 3.63) is 29.8 Å². The Morgan fingerprint density at radius 3 is 2.39 bits per heavy atom. The highest BCUT2D eigenvalue weighted by atomic mass is 16.5. The molecule has 0 saturated carbocycles. The van der Waals surface area contributed by atoms with E-state index in [0.29, 0.717) is 0 Å². The summed E-state index contributed by atoms with van der Waals surface area (Å²) in [5.41, 5.74) is 1.39. The Labute approximate surface area is 112 Å². The fourth-order valence-electron chi connectivity index (χ4n) is 1.91. The topological polar surface area (TPSA) is 21.3 Å². The van der Waals surface area contributed by atoms with Gasteiger partial charge in [-0.15, -0.1) is 0 Å². The first kappa shape index (κ1) is 15.0. The third kappa shape index (κ3) is 6.65. The van der Waals surface area contributed by atoms with Gasteiger partial charge in [0.25, 0.3) is 0 Å². The molecule has 2 heteroatoms. The molecule has 0 aromatic heterocycles. The van der Waals surface area contributed by atoms with Gasteiger partial charge in [-0.25, -0.2) is 0 Å². The number of hydrogen-bond acceptors (Lipinski definition) is 2. The van der Waals surface area contributed by atoms with Crippen LogP contribution in [-0.2, 0) is 6.42 Å². The Morgan fingerprint density at radius 1 is 0.944 bits per heavy atom. The van der Waals surface area contributed by atoms with Crippen molar-refractivity contribution >= 4 is 0 Å². The van der Waals surface area contributed by atoms with E-state index in [2.05, 4.69) is 43.4 Å². The molecule has 0 heterocycles. The molecular formula is C16H27NO. The van der Waals surface area contributed by atoms with Crippen LogP contribution in [0.2, 0.25) is 0 Å². The lowest BCUT2D eigenvalue weighted by molar-refractivity contribution is 0.313. The van der Waals surface area contributed by atoms with Crippen LogP contribution in [0.5, 0.6) is 5.75 Å². The van der Waals surface area contributed by atoms with Gasteiger partial charge in [-0.3, -0.25) is 0 Å². The lowest BCUT2D eigenvalue weighted by Gasteiger charge is -2.08. The average molecular weight is 249 g/mol. The molecule has 1 rings (SSSR count). The Bertz CT molecular complexity index is 294. The highest BCUT2D eigenvalue weighted by molar-refractivity contribution is 5.27. The third-order valence-corrected chi connectivity index (χ3v) is 2.97. The summed E-state index contributed by atoms with van der Waals surface area (Å²) in [5.74, 6) is 0.977. The van der Waals surface area contributed by atoms with Gasteiger partial charge in [0.05, 0.1) is 0 Å². The number of nitrogens with one attached hydrogen (secondary N) is 1. The second-order valence-corrected chi connectivity index (χ2v) is 4.70. The van der Waals surface area contributed by atoms with E-state index in [1.165, 1.54) is 31.2 Å². The molecule has 0 atom stereocenters. The van der Waals surface area contributed by atoms with Crippen LogP contribution in [0.15, 0.2) is 24.3 Å². The van der Waals surface area contributed by atoms with Gasteiger partial charge >= 0.3 is 0 Å². The van der Waals surface area contributed by atoms with E-state index in [1.54, 1.807) is 0 Å². The minimum atomic E-state index is 0.749. The minimum absolute atomic E-state index is 0.749. The van der Waals surface area contributed by atoms with Crippen LogP contribution >= 0.6 is 0 Å². The summed E-state index contributed by atoms with van der Waals surface area (Å²) in [6.07, 6.45) is 6.21. The fraction of sp³-hybridized carbons (Fsp3) is 0.625. The second kappa shape index (κ2) is 9.95. The van der Waals surface area contributed by atoms with Crippen LogP contribution in [0.4, 0.5) is 0 Å². The van der Waals surface area contributed by atoms with Crippen molar-refractivity contribution in [2.75, 3.05) is 19.7 Å². The van der Waals surface area contributed by atoms with Crippen molar-refractivity contribution in [3.8, 4) is 5.75 Å². The molecule has 0 aliphatic carbocycles. The standard InChI is InChI=1S/C16H27NO/c1-3-5-6-12-17-13-14-18-16-10-8-15(7-4-2)9-11-16/h8-11,17H,3-7,12-14H2,1-2H3. The first-order valence-corrected chi connectivity index (χ1v) is 7.29. The van der Waals surface area contributed by atoms with Crippen molar-refractivity contribution in [2.24, 2.45) is 0 Å². The minimum Gasteiger partial charge on any atom is -0.492 e. The monoisotopic (exact) mass is 249 g/mol. The van der Waals surface area contributed by atoms with Gasteiger partial charge < -0.3 is 10.1 Å². The molecule has 0 amide bonds. The Kier molecular flexibility index (Phi) is 8.32. The highest BCUT2D eigenvalue weighted by Crippen LogP contribution is 2.12. The summed E-state index contributed by atoms with van der Waals surface area (Å²) >= 11 is 0. The molecule has 18 heavy (non-hydrogen) atoms. The van der Waals surface area contributed by atoms with E-state index in [4.69, 9.17) is 4.74 Å². The van der Waals surface area contributed by atoms with Gasteiger partial charge in [-0.1, -0.05) is 45.2 Å².